The fraction of sp³-hybridized carbons (Fsp3) is 0.312. The summed E-state index contributed by atoms with van der Waals surface area (Å²) in [4.78, 5) is 20.5. The van der Waals surface area contributed by atoms with Crippen LogP contribution in [0.2, 0.25) is 0 Å². The second-order valence-electron chi connectivity index (χ2n) is 4.77. The molecule has 0 aliphatic heterocycles. The Morgan fingerprint density at radius 3 is 2.37 bits per heavy atom. The van der Waals surface area contributed by atoms with Crippen molar-refractivity contribution < 1.29 is 4.79 Å². The Kier molecular flexibility index (Phi) is 4.39. The van der Waals surface area contributed by atoms with E-state index in [0.29, 0.717) is 5.56 Å². The molecular formula is C16H18N2O. The molecule has 2 unspecified atom stereocenters. The summed E-state index contributed by atoms with van der Waals surface area (Å²) in [7, 11) is 0. The van der Waals surface area contributed by atoms with Gasteiger partial charge in [0.2, 0.25) is 0 Å². The molecule has 1 heterocycles. The van der Waals surface area contributed by atoms with Crippen LogP contribution in [0.25, 0.3) is 0 Å². The van der Waals surface area contributed by atoms with Crippen LogP contribution in [-0.4, -0.2) is 15.8 Å². The van der Waals surface area contributed by atoms with Crippen LogP contribution in [0.1, 0.15) is 42.1 Å². The molecule has 3 nitrogen and oxygen atoms in total. The average molecular weight is 254 g/mol. The number of nitrogens with zero attached hydrogens (tertiary/aromatic N) is 2. The SMILES string of the molecule is CCC(C)C(C(=O)c1cncnc1)c1ccccc1. The fourth-order valence-corrected chi connectivity index (χ4v) is 2.24. The first-order valence-corrected chi connectivity index (χ1v) is 6.58. The lowest BCUT2D eigenvalue weighted by atomic mass is 9.81. The molecule has 0 radical (unpaired) electrons. The maximum absolute atomic E-state index is 12.7. The third kappa shape index (κ3) is 3.05. The number of rotatable bonds is 5. The third-order valence-electron chi connectivity index (χ3n) is 3.50. The Balaban J connectivity index is 2.37. The van der Waals surface area contributed by atoms with Crippen LogP contribution in [-0.2, 0) is 0 Å². The second-order valence-corrected chi connectivity index (χ2v) is 4.77. The lowest BCUT2D eigenvalue weighted by Crippen LogP contribution is -2.20. The van der Waals surface area contributed by atoms with Gasteiger partial charge in [-0.1, -0.05) is 50.6 Å². The summed E-state index contributed by atoms with van der Waals surface area (Å²) in [6.45, 7) is 4.22. The summed E-state index contributed by atoms with van der Waals surface area (Å²) in [5.41, 5.74) is 1.64. The van der Waals surface area contributed by atoms with Crippen LogP contribution in [0.5, 0.6) is 0 Å². The van der Waals surface area contributed by atoms with Gasteiger partial charge in [-0.2, -0.15) is 0 Å². The molecule has 0 bridgehead atoms. The predicted octanol–water partition coefficient (Wildman–Crippen LogP) is 3.49. The van der Waals surface area contributed by atoms with E-state index in [1.165, 1.54) is 6.33 Å². The zero-order valence-electron chi connectivity index (χ0n) is 11.3. The number of hydrogen-bond acceptors (Lipinski definition) is 3. The number of carbonyl (C=O) groups is 1. The largest absolute Gasteiger partial charge is 0.293 e. The average Bonchev–Trinajstić information content (AvgIpc) is 2.49. The first kappa shape index (κ1) is 13.4. The molecule has 3 heteroatoms. The smallest absolute Gasteiger partial charge is 0.173 e. The molecule has 0 fully saturated rings. The molecule has 1 aromatic heterocycles. The molecule has 19 heavy (non-hydrogen) atoms. The molecule has 0 spiro atoms. The normalized spacial score (nSPS) is 13.8. The Labute approximate surface area is 113 Å². The summed E-state index contributed by atoms with van der Waals surface area (Å²) >= 11 is 0. The highest BCUT2D eigenvalue weighted by Gasteiger charge is 2.26. The molecule has 2 atom stereocenters. The third-order valence-corrected chi connectivity index (χ3v) is 3.50. The quantitative estimate of drug-likeness (QED) is 0.767. The van der Waals surface area contributed by atoms with E-state index in [2.05, 4.69) is 23.8 Å². The van der Waals surface area contributed by atoms with Crippen molar-refractivity contribution >= 4 is 5.78 Å². The van der Waals surface area contributed by atoms with Crippen molar-refractivity contribution in [1.82, 2.24) is 9.97 Å². The number of aromatic nitrogens is 2. The molecule has 0 amide bonds. The lowest BCUT2D eigenvalue weighted by Gasteiger charge is -2.22. The molecule has 0 aliphatic rings. The first-order chi connectivity index (χ1) is 9.24. The number of hydrogen-bond donors (Lipinski definition) is 0. The zero-order chi connectivity index (χ0) is 13.7. The topological polar surface area (TPSA) is 42.9 Å². The van der Waals surface area contributed by atoms with Gasteiger partial charge < -0.3 is 0 Å². The monoisotopic (exact) mass is 254 g/mol. The van der Waals surface area contributed by atoms with Crippen LogP contribution < -0.4 is 0 Å². The molecule has 0 saturated carbocycles. The van der Waals surface area contributed by atoms with Gasteiger partial charge in [-0.15, -0.1) is 0 Å². The highest BCUT2D eigenvalue weighted by Crippen LogP contribution is 2.30. The van der Waals surface area contributed by atoms with E-state index >= 15 is 0 Å². The first-order valence-electron chi connectivity index (χ1n) is 6.58. The summed E-state index contributed by atoms with van der Waals surface area (Å²) in [5, 5.41) is 0. The summed E-state index contributed by atoms with van der Waals surface area (Å²) < 4.78 is 0. The minimum atomic E-state index is -0.128. The lowest BCUT2D eigenvalue weighted by molar-refractivity contribution is 0.0931. The van der Waals surface area contributed by atoms with Crippen LogP contribution in [0.15, 0.2) is 49.1 Å². The van der Waals surface area contributed by atoms with E-state index in [0.717, 1.165) is 12.0 Å². The van der Waals surface area contributed by atoms with E-state index in [9.17, 15) is 4.79 Å². The van der Waals surface area contributed by atoms with E-state index in [4.69, 9.17) is 0 Å². The van der Waals surface area contributed by atoms with Crippen molar-refractivity contribution in [3.05, 3.63) is 60.2 Å². The van der Waals surface area contributed by atoms with E-state index in [-0.39, 0.29) is 17.6 Å². The highest BCUT2D eigenvalue weighted by molar-refractivity contribution is 6.00. The molecule has 0 aliphatic carbocycles. The standard InChI is InChI=1S/C16H18N2O/c1-3-12(2)15(13-7-5-4-6-8-13)16(19)14-9-17-11-18-10-14/h4-12,15H,3H2,1-2H3. The highest BCUT2D eigenvalue weighted by atomic mass is 16.1. The summed E-state index contributed by atoms with van der Waals surface area (Å²) in [6, 6.07) is 9.93. The van der Waals surface area contributed by atoms with Crippen LogP contribution in [0.3, 0.4) is 0 Å². The van der Waals surface area contributed by atoms with Gasteiger partial charge in [0.05, 0.1) is 11.5 Å². The Hall–Kier alpha value is -2.03. The second kappa shape index (κ2) is 6.23. The zero-order valence-corrected chi connectivity index (χ0v) is 11.3. The molecule has 98 valence electrons. The van der Waals surface area contributed by atoms with E-state index in [1.807, 2.05) is 30.3 Å². The van der Waals surface area contributed by atoms with Crippen molar-refractivity contribution in [1.29, 1.82) is 0 Å². The van der Waals surface area contributed by atoms with Crippen LogP contribution in [0.4, 0.5) is 0 Å². The Bertz CT molecular complexity index is 525. The molecule has 1 aromatic carbocycles. The minimum absolute atomic E-state index is 0.0983. The van der Waals surface area contributed by atoms with Crippen molar-refractivity contribution in [3.8, 4) is 0 Å². The van der Waals surface area contributed by atoms with Gasteiger partial charge in [-0.05, 0) is 11.5 Å². The van der Waals surface area contributed by atoms with Crippen LogP contribution in [0, 0.1) is 5.92 Å². The van der Waals surface area contributed by atoms with Crippen molar-refractivity contribution in [2.24, 2.45) is 5.92 Å². The maximum Gasteiger partial charge on any atom is 0.173 e. The van der Waals surface area contributed by atoms with Crippen LogP contribution >= 0.6 is 0 Å². The van der Waals surface area contributed by atoms with Gasteiger partial charge in [0.25, 0.3) is 0 Å². The minimum Gasteiger partial charge on any atom is -0.293 e. The van der Waals surface area contributed by atoms with Crippen molar-refractivity contribution in [2.75, 3.05) is 0 Å². The Morgan fingerprint density at radius 2 is 1.79 bits per heavy atom. The van der Waals surface area contributed by atoms with Gasteiger partial charge in [0, 0.05) is 12.4 Å². The van der Waals surface area contributed by atoms with Crippen molar-refractivity contribution in [2.45, 2.75) is 26.2 Å². The molecular weight excluding hydrogens is 236 g/mol. The number of Topliss-reactive ketones (excluding diaryl/α,β-unsaturated/α-hetero) is 1. The molecule has 0 N–H and O–H groups in total. The number of carbonyl (C=O) groups excluding carboxylic acids is 1. The van der Waals surface area contributed by atoms with Gasteiger partial charge in [-0.3, -0.25) is 4.79 Å². The predicted molar refractivity (Wildman–Crippen MR) is 75.0 cm³/mol. The van der Waals surface area contributed by atoms with Crippen molar-refractivity contribution in [3.63, 3.8) is 0 Å². The molecule has 2 rings (SSSR count). The maximum atomic E-state index is 12.7. The molecule has 0 saturated heterocycles. The van der Waals surface area contributed by atoms with Gasteiger partial charge in [0.1, 0.15) is 6.33 Å². The van der Waals surface area contributed by atoms with E-state index in [1.54, 1.807) is 12.4 Å². The van der Waals surface area contributed by atoms with Gasteiger partial charge in [0.15, 0.2) is 5.78 Å². The summed E-state index contributed by atoms with van der Waals surface area (Å²) in [5.74, 6) is 0.258. The molecule has 2 aromatic rings. The number of ketones is 1. The Morgan fingerprint density at radius 1 is 1.16 bits per heavy atom. The summed E-state index contributed by atoms with van der Waals surface area (Å²) in [6.07, 6.45) is 5.58. The van der Waals surface area contributed by atoms with Gasteiger partial charge >= 0.3 is 0 Å². The van der Waals surface area contributed by atoms with E-state index < -0.39 is 0 Å². The fourth-order valence-electron chi connectivity index (χ4n) is 2.24. The number of benzene rings is 1. The van der Waals surface area contributed by atoms with Gasteiger partial charge in [-0.25, -0.2) is 9.97 Å².